The van der Waals surface area contributed by atoms with Crippen LogP contribution in [0.25, 0.3) is 32.2 Å². The summed E-state index contributed by atoms with van der Waals surface area (Å²) in [4.78, 5) is 8.11. The van der Waals surface area contributed by atoms with Crippen LogP contribution in [0.4, 0.5) is 0 Å². The minimum Gasteiger partial charge on any atom is -0.495 e. The van der Waals surface area contributed by atoms with Gasteiger partial charge in [0.15, 0.2) is 0 Å². The fourth-order valence-corrected chi connectivity index (χ4v) is 4.36. The predicted molar refractivity (Wildman–Crippen MR) is 102 cm³/mol. The van der Waals surface area contributed by atoms with Crippen LogP contribution in [-0.4, -0.2) is 17.1 Å². The number of ether oxygens (including phenoxy) is 1. The number of nitrogens with zero attached hydrogens (tertiary/aromatic N) is 2. The molecule has 2 heterocycles. The number of aromatic nitrogens is 2. The van der Waals surface area contributed by atoms with Crippen molar-refractivity contribution in [2.45, 2.75) is 20.3 Å². The van der Waals surface area contributed by atoms with Crippen LogP contribution < -0.4 is 4.74 Å². The van der Waals surface area contributed by atoms with E-state index in [0.29, 0.717) is 11.3 Å². The molecule has 0 bridgehead atoms. The molecule has 0 atom stereocenters. The van der Waals surface area contributed by atoms with Gasteiger partial charge in [-0.05, 0) is 36.6 Å². The fraction of sp³-hybridized carbons (Fsp3) is 0.200. The van der Waals surface area contributed by atoms with E-state index in [-0.39, 0.29) is 0 Å². The first-order chi connectivity index (χ1) is 12.2. The summed E-state index contributed by atoms with van der Waals surface area (Å²) >= 11 is 1.66. The number of hydrogen-bond acceptors (Lipinski definition) is 4. The van der Waals surface area contributed by atoms with Gasteiger partial charge in [0.1, 0.15) is 11.8 Å². The SMILES string of the molecule is CCc1nc2c(-c3cccc4[nH]ccc34)c(OC)c(C#N)c(C)c2s1. The van der Waals surface area contributed by atoms with Crippen molar-refractivity contribution >= 4 is 32.5 Å². The molecule has 1 N–H and O–H groups in total. The van der Waals surface area contributed by atoms with Gasteiger partial charge in [0.2, 0.25) is 0 Å². The highest BCUT2D eigenvalue weighted by atomic mass is 32.1. The number of benzene rings is 2. The third-order valence-corrected chi connectivity index (χ3v) is 5.88. The van der Waals surface area contributed by atoms with Crippen molar-refractivity contribution in [2.24, 2.45) is 0 Å². The lowest BCUT2D eigenvalue weighted by atomic mass is 9.95. The molecule has 0 saturated heterocycles. The molecule has 4 aromatic rings. The van der Waals surface area contributed by atoms with Gasteiger partial charge in [-0.2, -0.15) is 5.26 Å². The number of aromatic amines is 1. The van der Waals surface area contributed by atoms with Crippen molar-refractivity contribution in [1.29, 1.82) is 5.26 Å². The van der Waals surface area contributed by atoms with Gasteiger partial charge in [0.05, 0.1) is 33.5 Å². The van der Waals surface area contributed by atoms with E-state index in [2.05, 4.69) is 30.1 Å². The lowest BCUT2D eigenvalue weighted by Gasteiger charge is -2.14. The smallest absolute Gasteiger partial charge is 0.147 e. The van der Waals surface area contributed by atoms with E-state index in [1.807, 2.05) is 25.3 Å². The first-order valence-electron chi connectivity index (χ1n) is 8.16. The van der Waals surface area contributed by atoms with E-state index in [1.165, 1.54) is 0 Å². The number of rotatable bonds is 3. The summed E-state index contributed by atoms with van der Waals surface area (Å²) in [6.07, 6.45) is 2.80. The zero-order valence-electron chi connectivity index (χ0n) is 14.3. The number of nitriles is 1. The fourth-order valence-electron chi connectivity index (χ4n) is 3.35. The summed E-state index contributed by atoms with van der Waals surface area (Å²) in [5.74, 6) is 0.606. The first kappa shape index (κ1) is 15.7. The Morgan fingerprint density at radius 3 is 2.88 bits per heavy atom. The molecule has 0 aliphatic heterocycles. The summed E-state index contributed by atoms with van der Waals surface area (Å²) in [7, 11) is 1.62. The van der Waals surface area contributed by atoms with Crippen LogP contribution in [0, 0.1) is 18.3 Å². The van der Waals surface area contributed by atoms with Gasteiger partial charge >= 0.3 is 0 Å². The molecular formula is C20H17N3OS. The number of methoxy groups -OCH3 is 1. The second kappa shape index (κ2) is 5.91. The van der Waals surface area contributed by atoms with Gasteiger partial charge in [0.25, 0.3) is 0 Å². The van der Waals surface area contributed by atoms with Crippen molar-refractivity contribution in [3.05, 3.63) is 46.6 Å². The second-order valence-corrected chi connectivity index (χ2v) is 6.99. The summed E-state index contributed by atoms with van der Waals surface area (Å²) in [5, 5.41) is 11.9. The highest BCUT2D eigenvalue weighted by molar-refractivity contribution is 7.18. The Morgan fingerprint density at radius 2 is 2.16 bits per heavy atom. The summed E-state index contributed by atoms with van der Waals surface area (Å²) in [5.41, 5.74) is 5.44. The third kappa shape index (κ3) is 2.22. The zero-order chi connectivity index (χ0) is 17.6. The van der Waals surface area contributed by atoms with Crippen LogP contribution in [0.5, 0.6) is 5.75 Å². The number of hydrogen-bond donors (Lipinski definition) is 1. The topological polar surface area (TPSA) is 61.7 Å². The minimum absolute atomic E-state index is 0.587. The van der Waals surface area contributed by atoms with Crippen molar-refractivity contribution < 1.29 is 4.74 Å². The van der Waals surface area contributed by atoms with Crippen LogP contribution >= 0.6 is 11.3 Å². The normalized spacial score (nSPS) is 11.1. The van der Waals surface area contributed by atoms with E-state index < -0.39 is 0 Å². The Bertz CT molecular complexity index is 1150. The minimum atomic E-state index is 0.587. The lowest BCUT2D eigenvalue weighted by molar-refractivity contribution is 0.415. The standard InChI is InChI=1S/C20H17N3OS/c1-4-16-23-18-17(13-6-5-7-15-12(13)8-9-22-15)19(24-3)14(10-21)11(2)20(18)25-16/h5-9,22H,4H2,1-3H3. The molecule has 0 spiro atoms. The summed E-state index contributed by atoms with van der Waals surface area (Å²) in [6, 6.07) is 10.5. The molecule has 124 valence electrons. The molecule has 0 saturated carbocycles. The average molecular weight is 347 g/mol. The molecular weight excluding hydrogens is 330 g/mol. The van der Waals surface area contributed by atoms with E-state index in [1.54, 1.807) is 18.4 Å². The Labute approximate surface area is 149 Å². The monoisotopic (exact) mass is 347 g/mol. The Hall–Kier alpha value is -2.84. The highest BCUT2D eigenvalue weighted by Gasteiger charge is 2.23. The summed E-state index contributed by atoms with van der Waals surface area (Å²) in [6.45, 7) is 4.07. The van der Waals surface area contributed by atoms with E-state index in [0.717, 1.165) is 49.2 Å². The molecule has 0 aliphatic rings. The van der Waals surface area contributed by atoms with E-state index in [4.69, 9.17) is 9.72 Å². The molecule has 25 heavy (non-hydrogen) atoms. The lowest BCUT2D eigenvalue weighted by Crippen LogP contribution is -1.97. The Morgan fingerprint density at radius 1 is 1.32 bits per heavy atom. The van der Waals surface area contributed by atoms with Gasteiger partial charge in [-0.1, -0.05) is 19.1 Å². The highest BCUT2D eigenvalue weighted by Crippen LogP contribution is 2.45. The van der Waals surface area contributed by atoms with Crippen LogP contribution in [-0.2, 0) is 6.42 Å². The van der Waals surface area contributed by atoms with Crippen molar-refractivity contribution in [2.75, 3.05) is 7.11 Å². The van der Waals surface area contributed by atoms with Gasteiger partial charge in [0, 0.05) is 17.1 Å². The third-order valence-electron chi connectivity index (χ3n) is 4.56. The molecule has 0 fully saturated rings. The molecule has 2 aromatic heterocycles. The van der Waals surface area contributed by atoms with Gasteiger partial charge in [-0.15, -0.1) is 11.3 Å². The molecule has 0 aliphatic carbocycles. The Balaban J connectivity index is 2.22. The van der Waals surface area contributed by atoms with Crippen molar-refractivity contribution in [1.82, 2.24) is 9.97 Å². The van der Waals surface area contributed by atoms with E-state index in [9.17, 15) is 5.26 Å². The molecule has 0 radical (unpaired) electrons. The maximum atomic E-state index is 9.75. The van der Waals surface area contributed by atoms with Crippen LogP contribution in [0.15, 0.2) is 30.5 Å². The van der Waals surface area contributed by atoms with Gasteiger partial charge in [-0.3, -0.25) is 0 Å². The Kier molecular flexibility index (Phi) is 3.70. The van der Waals surface area contributed by atoms with Gasteiger partial charge in [-0.25, -0.2) is 4.98 Å². The van der Waals surface area contributed by atoms with Gasteiger partial charge < -0.3 is 9.72 Å². The zero-order valence-corrected chi connectivity index (χ0v) is 15.1. The number of fused-ring (bicyclic) bond motifs is 2. The number of H-pyrrole nitrogens is 1. The molecule has 0 unspecified atom stereocenters. The van der Waals surface area contributed by atoms with Crippen LogP contribution in [0.1, 0.15) is 23.1 Å². The van der Waals surface area contributed by atoms with Crippen molar-refractivity contribution in [3.63, 3.8) is 0 Å². The van der Waals surface area contributed by atoms with E-state index >= 15 is 0 Å². The second-order valence-electron chi connectivity index (χ2n) is 5.90. The maximum absolute atomic E-state index is 9.75. The molecule has 2 aromatic carbocycles. The van der Waals surface area contributed by atoms with Crippen LogP contribution in [0.3, 0.4) is 0 Å². The average Bonchev–Trinajstić information content (AvgIpc) is 3.28. The molecule has 4 nitrogen and oxygen atoms in total. The van der Waals surface area contributed by atoms with Crippen LogP contribution in [0.2, 0.25) is 0 Å². The number of aryl methyl sites for hydroxylation is 2. The molecule has 5 heteroatoms. The largest absolute Gasteiger partial charge is 0.495 e. The predicted octanol–water partition coefficient (Wildman–Crippen LogP) is 5.20. The van der Waals surface area contributed by atoms with Crippen molar-refractivity contribution in [3.8, 4) is 22.9 Å². The summed E-state index contributed by atoms with van der Waals surface area (Å²) < 4.78 is 6.78. The first-order valence-corrected chi connectivity index (χ1v) is 8.97. The maximum Gasteiger partial charge on any atom is 0.147 e. The molecule has 4 rings (SSSR count). The number of nitrogens with one attached hydrogen (secondary N) is 1. The number of thiazole rings is 1. The molecule has 0 amide bonds. The quantitative estimate of drug-likeness (QED) is 0.554.